The summed E-state index contributed by atoms with van der Waals surface area (Å²) >= 11 is 0. The summed E-state index contributed by atoms with van der Waals surface area (Å²) in [7, 11) is 0. The predicted molar refractivity (Wildman–Crippen MR) is 163 cm³/mol. The van der Waals surface area contributed by atoms with Crippen molar-refractivity contribution in [3.05, 3.63) is 46.9 Å². The fraction of sp³-hybridized carbons (Fsp3) is 0.545. The highest BCUT2D eigenvalue weighted by Gasteiger charge is 2.45. The molecule has 226 valence electrons. The lowest BCUT2D eigenvalue weighted by Gasteiger charge is -2.37. The summed E-state index contributed by atoms with van der Waals surface area (Å²) in [4.78, 5) is 30.7. The Hall–Kier alpha value is -3.50. The molecule has 6 heterocycles. The normalized spacial score (nSPS) is 24.6. The monoisotopic (exact) mass is 586 g/mol. The van der Waals surface area contributed by atoms with Crippen molar-refractivity contribution in [3.63, 3.8) is 0 Å². The van der Waals surface area contributed by atoms with Crippen LogP contribution in [0.4, 0.5) is 15.9 Å². The van der Waals surface area contributed by atoms with E-state index in [-0.39, 0.29) is 29.0 Å². The Morgan fingerprint density at radius 2 is 1.86 bits per heavy atom. The summed E-state index contributed by atoms with van der Waals surface area (Å²) in [5, 5.41) is 15.7. The number of halogens is 1. The summed E-state index contributed by atoms with van der Waals surface area (Å²) in [6.45, 7) is 6.70. The van der Waals surface area contributed by atoms with Gasteiger partial charge in [-0.2, -0.15) is 9.97 Å². The number of hydrogen-bond donors (Lipinski definition) is 2. The largest absolute Gasteiger partial charge is 0.508 e. The number of fused-ring (bicyclic) bond motifs is 5. The number of piperazine rings is 1. The van der Waals surface area contributed by atoms with Gasteiger partial charge < -0.3 is 25.0 Å². The van der Waals surface area contributed by atoms with Crippen molar-refractivity contribution in [3.8, 4) is 11.8 Å². The minimum Gasteiger partial charge on any atom is -0.508 e. The van der Waals surface area contributed by atoms with Crippen LogP contribution in [0.3, 0.4) is 0 Å². The van der Waals surface area contributed by atoms with Crippen molar-refractivity contribution < 1.29 is 19.0 Å². The minimum absolute atomic E-state index is 0.0325. The highest BCUT2D eigenvalue weighted by atomic mass is 19.1. The van der Waals surface area contributed by atoms with Gasteiger partial charge in [-0.25, -0.2) is 4.39 Å². The Morgan fingerprint density at radius 1 is 1.09 bits per heavy atom. The average molecular weight is 587 g/mol. The lowest BCUT2D eigenvalue weighted by Crippen LogP contribution is -2.52. The average Bonchev–Trinajstić information content (AvgIpc) is 3.69. The predicted octanol–water partition coefficient (Wildman–Crippen LogP) is 4.19. The molecule has 8 rings (SSSR count). The Balaban J connectivity index is 1.20. The molecule has 0 unspecified atom stereocenters. The topological polar surface area (TPSA) is 94.1 Å². The zero-order valence-corrected chi connectivity index (χ0v) is 24.7. The van der Waals surface area contributed by atoms with E-state index in [0.29, 0.717) is 65.8 Å². The van der Waals surface area contributed by atoms with Crippen LogP contribution < -0.4 is 19.9 Å². The SMILES string of the molecule is CCc1c(F)ccc2cc(O)cc(N3CCc4c(nc(OCC56CCCN5CCC6)nc4N4C[C@H]5CC[C@@H](C4)N5)C3=O)c12. The molecule has 1 aromatic heterocycles. The van der Waals surface area contributed by atoms with Gasteiger partial charge in [-0.15, -0.1) is 0 Å². The van der Waals surface area contributed by atoms with Gasteiger partial charge in [0.15, 0.2) is 0 Å². The van der Waals surface area contributed by atoms with Crippen molar-refractivity contribution in [2.24, 2.45) is 0 Å². The van der Waals surface area contributed by atoms with E-state index < -0.39 is 0 Å². The van der Waals surface area contributed by atoms with Gasteiger partial charge in [0, 0.05) is 48.7 Å². The zero-order chi connectivity index (χ0) is 29.3. The molecule has 5 aliphatic heterocycles. The number of aromatic nitrogens is 2. The molecule has 0 aliphatic carbocycles. The van der Waals surface area contributed by atoms with Crippen LogP contribution in [0.15, 0.2) is 24.3 Å². The molecular weight excluding hydrogens is 547 g/mol. The third-order valence-electron chi connectivity index (χ3n) is 10.6. The van der Waals surface area contributed by atoms with Crippen molar-refractivity contribution >= 4 is 28.2 Å². The molecule has 10 heteroatoms. The molecule has 2 bridgehead atoms. The minimum atomic E-state index is -0.312. The van der Waals surface area contributed by atoms with Crippen molar-refractivity contribution in [1.29, 1.82) is 0 Å². The van der Waals surface area contributed by atoms with Crippen LogP contribution in [0.2, 0.25) is 0 Å². The van der Waals surface area contributed by atoms with Gasteiger partial charge in [-0.05, 0) is 87.5 Å². The van der Waals surface area contributed by atoms with E-state index >= 15 is 0 Å². The lowest BCUT2D eigenvalue weighted by atomic mass is 9.95. The van der Waals surface area contributed by atoms with E-state index in [9.17, 15) is 14.3 Å². The Kier molecular flexibility index (Phi) is 6.49. The Morgan fingerprint density at radius 3 is 2.60 bits per heavy atom. The number of anilines is 2. The van der Waals surface area contributed by atoms with E-state index in [4.69, 9.17) is 14.7 Å². The van der Waals surface area contributed by atoms with Gasteiger partial charge in [0.2, 0.25) is 0 Å². The third kappa shape index (κ3) is 4.44. The van der Waals surface area contributed by atoms with Crippen LogP contribution in [0.1, 0.15) is 67.1 Å². The fourth-order valence-corrected chi connectivity index (χ4v) is 8.53. The number of aryl methyl sites for hydroxylation is 1. The number of carbonyl (C=O) groups is 1. The second kappa shape index (κ2) is 10.3. The molecule has 2 aromatic carbocycles. The molecule has 1 amide bonds. The first-order chi connectivity index (χ1) is 20.9. The molecule has 43 heavy (non-hydrogen) atoms. The van der Waals surface area contributed by atoms with Crippen LogP contribution >= 0.6 is 0 Å². The number of hydrogen-bond acceptors (Lipinski definition) is 8. The van der Waals surface area contributed by atoms with Gasteiger partial charge in [0.05, 0.1) is 11.2 Å². The second-order valence-electron chi connectivity index (χ2n) is 13.1. The quantitative estimate of drug-likeness (QED) is 0.444. The van der Waals surface area contributed by atoms with Crippen LogP contribution in [0.5, 0.6) is 11.8 Å². The summed E-state index contributed by atoms with van der Waals surface area (Å²) < 4.78 is 21.4. The summed E-state index contributed by atoms with van der Waals surface area (Å²) in [5.41, 5.74) is 2.27. The first kappa shape index (κ1) is 27.1. The van der Waals surface area contributed by atoms with E-state index in [2.05, 4.69) is 15.1 Å². The molecule has 3 aromatic rings. The molecule has 9 nitrogen and oxygen atoms in total. The highest BCUT2D eigenvalue weighted by Crippen LogP contribution is 2.41. The van der Waals surface area contributed by atoms with Gasteiger partial charge in [0.25, 0.3) is 5.91 Å². The van der Waals surface area contributed by atoms with Gasteiger partial charge in [0.1, 0.15) is 29.7 Å². The van der Waals surface area contributed by atoms with Gasteiger partial charge >= 0.3 is 6.01 Å². The Bertz CT molecular complexity index is 1590. The molecule has 5 aliphatic rings. The number of phenolic OH excluding ortho intramolecular Hbond substituents is 1. The zero-order valence-electron chi connectivity index (χ0n) is 24.7. The number of rotatable bonds is 6. The van der Waals surface area contributed by atoms with E-state index in [1.807, 2.05) is 6.92 Å². The standard InChI is InChI=1S/C33H39FN6O3/c1-2-24-26(34)8-5-20-15-23(41)16-27(28(20)24)40-14-9-25-29(31(40)42)36-32(43-19-33-10-3-12-39(33)13-4-11-33)37-30(25)38-17-21-6-7-22(18-38)35-21/h5,8,15-16,21-22,35,41H,2-4,6-7,9-14,17-19H2,1H3/t21-,22+. The second-order valence-corrected chi connectivity index (χ2v) is 13.1. The molecular formula is C33H39FN6O3. The maximum absolute atomic E-state index is 15.0. The molecule has 0 spiro atoms. The third-order valence-corrected chi connectivity index (χ3v) is 10.6. The van der Waals surface area contributed by atoms with E-state index in [1.165, 1.54) is 18.9 Å². The van der Waals surface area contributed by atoms with Crippen LogP contribution in [-0.2, 0) is 12.8 Å². The Labute approximate surface area is 251 Å². The number of nitrogens with zero attached hydrogens (tertiary/aromatic N) is 5. The number of nitrogens with one attached hydrogen (secondary N) is 1. The molecule has 2 N–H and O–H groups in total. The first-order valence-corrected chi connectivity index (χ1v) is 16.0. The van der Waals surface area contributed by atoms with Crippen LogP contribution in [-0.4, -0.2) is 82.8 Å². The van der Waals surface area contributed by atoms with Crippen molar-refractivity contribution in [1.82, 2.24) is 20.2 Å². The highest BCUT2D eigenvalue weighted by molar-refractivity contribution is 6.13. The van der Waals surface area contributed by atoms with Gasteiger partial charge in [-0.1, -0.05) is 13.0 Å². The fourth-order valence-electron chi connectivity index (χ4n) is 8.53. The maximum Gasteiger partial charge on any atom is 0.319 e. The van der Waals surface area contributed by atoms with E-state index in [1.54, 1.807) is 23.1 Å². The van der Waals surface area contributed by atoms with Crippen molar-refractivity contribution in [2.75, 3.05) is 49.1 Å². The summed E-state index contributed by atoms with van der Waals surface area (Å²) in [6, 6.07) is 7.37. The number of aromatic hydroxyl groups is 1. The number of phenols is 1. The number of ether oxygens (including phenoxy) is 1. The summed E-state index contributed by atoms with van der Waals surface area (Å²) in [5.74, 6) is 0.260. The van der Waals surface area contributed by atoms with Crippen LogP contribution in [0.25, 0.3) is 10.8 Å². The molecule has 4 fully saturated rings. The molecule has 4 saturated heterocycles. The molecule has 0 radical (unpaired) electrons. The lowest BCUT2D eigenvalue weighted by molar-refractivity contribution is 0.0964. The van der Waals surface area contributed by atoms with Gasteiger partial charge in [-0.3, -0.25) is 9.69 Å². The molecule has 2 atom stereocenters. The number of amides is 1. The molecule has 0 saturated carbocycles. The number of carbonyl (C=O) groups excluding carboxylic acids is 1. The summed E-state index contributed by atoms with van der Waals surface area (Å²) in [6.07, 6.45) is 7.88. The van der Waals surface area contributed by atoms with Crippen LogP contribution in [0, 0.1) is 5.82 Å². The maximum atomic E-state index is 15.0. The smallest absolute Gasteiger partial charge is 0.319 e. The van der Waals surface area contributed by atoms with E-state index in [0.717, 1.165) is 63.2 Å². The van der Waals surface area contributed by atoms with Crippen molar-refractivity contribution in [2.45, 2.75) is 75.9 Å². The number of benzene rings is 2. The first-order valence-electron chi connectivity index (χ1n) is 16.0.